The molecule has 6 nitrogen and oxygen atoms in total. The van der Waals surface area contributed by atoms with Crippen molar-refractivity contribution in [2.45, 2.75) is 44.7 Å². The maximum Gasteiger partial charge on any atom is 0.320 e. The minimum Gasteiger partial charge on any atom is -0.480 e. The number of carbonyl (C=O) groups excluding carboxylic acids is 1. The second-order valence-electron chi connectivity index (χ2n) is 7.92. The van der Waals surface area contributed by atoms with E-state index in [4.69, 9.17) is 0 Å². The van der Waals surface area contributed by atoms with Crippen LogP contribution in [0.25, 0.3) is 0 Å². The summed E-state index contributed by atoms with van der Waals surface area (Å²) in [7, 11) is 0. The molecular formula is C19H25N3O3. The predicted octanol–water partition coefficient (Wildman–Crippen LogP) is 1.76. The van der Waals surface area contributed by atoms with Crippen LogP contribution in [0.1, 0.15) is 37.7 Å². The average molecular weight is 343 g/mol. The van der Waals surface area contributed by atoms with Crippen molar-refractivity contribution in [3.63, 3.8) is 0 Å². The molecule has 1 spiro atoms. The molecule has 4 rings (SSSR count). The first-order valence-electron chi connectivity index (χ1n) is 9.21. The molecular weight excluding hydrogens is 318 g/mol. The molecule has 1 saturated carbocycles. The van der Waals surface area contributed by atoms with Gasteiger partial charge in [0.15, 0.2) is 0 Å². The summed E-state index contributed by atoms with van der Waals surface area (Å²) < 4.78 is 0. The lowest BCUT2D eigenvalue weighted by atomic mass is 9.76. The molecule has 134 valence electrons. The molecule has 3 aliphatic rings. The Kier molecular flexibility index (Phi) is 4.23. The van der Waals surface area contributed by atoms with Gasteiger partial charge in [-0.25, -0.2) is 0 Å². The van der Waals surface area contributed by atoms with Crippen LogP contribution in [0.3, 0.4) is 0 Å². The largest absolute Gasteiger partial charge is 0.480 e. The summed E-state index contributed by atoms with van der Waals surface area (Å²) in [6, 6.07) is 3.46. The van der Waals surface area contributed by atoms with Crippen molar-refractivity contribution in [2.24, 2.45) is 11.3 Å². The Labute approximate surface area is 147 Å². The van der Waals surface area contributed by atoms with Gasteiger partial charge in [0, 0.05) is 44.5 Å². The Bertz CT molecular complexity index is 651. The van der Waals surface area contributed by atoms with E-state index in [0.717, 1.165) is 50.9 Å². The number of carboxylic acid groups (broad SMARTS) is 1. The van der Waals surface area contributed by atoms with E-state index in [1.165, 1.54) is 0 Å². The maximum atomic E-state index is 12.3. The fourth-order valence-electron chi connectivity index (χ4n) is 4.43. The van der Waals surface area contributed by atoms with E-state index in [2.05, 4.69) is 9.88 Å². The van der Waals surface area contributed by atoms with Crippen LogP contribution in [-0.4, -0.2) is 57.4 Å². The molecule has 1 aromatic heterocycles. The van der Waals surface area contributed by atoms with Gasteiger partial charge < -0.3 is 10.0 Å². The normalized spacial score (nSPS) is 26.1. The third kappa shape index (κ3) is 3.40. The van der Waals surface area contributed by atoms with Gasteiger partial charge in [-0.15, -0.1) is 0 Å². The highest BCUT2D eigenvalue weighted by Crippen LogP contribution is 2.44. The van der Waals surface area contributed by atoms with Gasteiger partial charge in [-0.05, 0) is 55.2 Å². The van der Waals surface area contributed by atoms with Gasteiger partial charge in [0.1, 0.15) is 6.04 Å². The molecule has 6 heteroatoms. The average Bonchev–Trinajstić information content (AvgIpc) is 3.40. The van der Waals surface area contributed by atoms with Crippen molar-refractivity contribution >= 4 is 11.9 Å². The van der Waals surface area contributed by atoms with E-state index in [-0.39, 0.29) is 11.3 Å². The highest BCUT2D eigenvalue weighted by atomic mass is 16.4. The highest BCUT2D eigenvalue weighted by molar-refractivity contribution is 5.81. The zero-order valence-electron chi connectivity index (χ0n) is 14.4. The monoisotopic (exact) mass is 343 g/mol. The summed E-state index contributed by atoms with van der Waals surface area (Å²) >= 11 is 0. The summed E-state index contributed by atoms with van der Waals surface area (Å²) in [5.74, 6) is -0.147. The molecule has 0 bridgehead atoms. The second kappa shape index (κ2) is 6.41. The zero-order valence-corrected chi connectivity index (χ0v) is 14.4. The highest BCUT2D eigenvalue weighted by Gasteiger charge is 2.49. The summed E-state index contributed by atoms with van der Waals surface area (Å²) in [5.41, 5.74) is 1.14. The lowest BCUT2D eigenvalue weighted by Crippen LogP contribution is -2.44. The van der Waals surface area contributed by atoms with E-state index in [0.29, 0.717) is 18.9 Å². The molecule has 1 N–H and O–H groups in total. The lowest BCUT2D eigenvalue weighted by molar-refractivity contribution is -0.142. The molecule has 0 unspecified atom stereocenters. The van der Waals surface area contributed by atoms with Crippen LogP contribution in [-0.2, 0) is 16.1 Å². The van der Waals surface area contributed by atoms with Crippen LogP contribution in [0.4, 0.5) is 0 Å². The number of amides is 1. The number of nitrogens with zero attached hydrogens (tertiary/aromatic N) is 3. The Morgan fingerprint density at radius 1 is 1.20 bits per heavy atom. The number of hydrogen-bond acceptors (Lipinski definition) is 4. The molecule has 1 amide bonds. The van der Waals surface area contributed by atoms with Crippen LogP contribution in [0, 0.1) is 11.3 Å². The van der Waals surface area contributed by atoms with Crippen LogP contribution < -0.4 is 0 Å². The maximum absolute atomic E-state index is 12.3. The molecule has 0 aromatic carbocycles. The Morgan fingerprint density at radius 2 is 1.88 bits per heavy atom. The Balaban J connectivity index is 1.43. The van der Waals surface area contributed by atoms with Gasteiger partial charge in [0.2, 0.25) is 5.91 Å². The first kappa shape index (κ1) is 16.5. The topological polar surface area (TPSA) is 73.7 Å². The molecule has 0 radical (unpaired) electrons. The number of pyridine rings is 1. The van der Waals surface area contributed by atoms with Gasteiger partial charge >= 0.3 is 5.97 Å². The molecule has 2 saturated heterocycles. The fourth-order valence-corrected chi connectivity index (χ4v) is 4.43. The SMILES string of the molecule is O=C(O)[C@H]1CC2(CCN(C(=O)C3CC3)CC2)CN1Cc1ccncc1. The predicted molar refractivity (Wildman–Crippen MR) is 91.7 cm³/mol. The van der Waals surface area contributed by atoms with Crippen LogP contribution in [0.5, 0.6) is 0 Å². The van der Waals surface area contributed by atoms with Crippen molar-refractivity contribution in [1.29, 1.82) is 0 Å². The molecule has 1 atom stereocenters. The standard InChI is InChI=1S/C19H25N3O3/c23-17(15-1-2-15)21-9-5-19(6-10-21)11-16(18(24)25)22(13-19)12-14-3-7-20-8-4-14/h3-4,7-8,15-16H,1-2,5-6,9-13H2,(H,24,25)/t16-/m1/s1. The number of carboxylic acids is 1. The lowest BCUT2D eigenvalue weighted by Gasteiger charge is -2.39. The number of carbonyl (C=O) groups is 2. The molecule has 3 fully saturated rings. The van der Waals surface area contributed by atoms with Crippen LogP contribution >= 0.6 is 0 Å². The summed E-state index contributed by atoms with van der Waals surface area (Å²) in [6.07, 6.45) is 8.11. The minimum atomic E-state index is -0.734. The van der Waals surface area contributed by atoms with Gasteiger partial charge in [-0.1, -0.05) is 0 Å². The number of rotatable bonds is 4. The van der Waals surface area contributed by atoms with Crippen molar-refractivity contribution in [3.05, 3.63) is 30.1 Å². The molecule has 25 heavy (non-hydrogen) atoms. The van der Waals surface area contributed by atoms with E-state index in [1.54, 1.807) is 12.4 Å². The van der Waals surface area contributed by atoms with E-state index >= 15 is 0 Å². The van der Waals surface area contributed by atoms with Gasteiger partial charge in [0.25, 0.3) is 0 Å². The molecule has 2 aliphatic heterocycles. The summed E-state index contributed by atoms with van der Waals surface area (Å²) in [4.78, 5) is 32.2. The molecule has 1 aliphatic carbocycles. The number of aromatic nitrogens is 1. The van der Waals surface area contributed by atoms with E-state index < -0.39 is 12.0 Å². The first-order chi connectivity index (χ1) is 12.1. The fraction of sp³-hybridized carbons (Fsp3) is 0.632. The quantitative estimate of drug-likeness (QED) is 0.902. The van der Waals surface area contributed by atoms with Crippen LogP contribution in [0.2, 0.25) is 0 Å². The molecule has 3 heterocycles. The van der Waals surface area contributed by atoms with Crippen molar-refractivity contribution in [1.82, 2.24) is 14.8 Å². The minimum absolute atomic E-state index is 0.0381. The number of piperidine rings is 1. The summed E-state index contributed by atoms with van der Waals surface area (Å²) in [5, 5.41) is 9.68. The van der Waals surface area contributed by atoms with Gasteiger partial charge in [-0.2, -0.15) is 0 Å². The van der Waals surface area contributed by atoms with Crippen molar-refractivity contribution < 1.29 is 14.7 Å². The van der Waals surface area contributed by atoms with Gasteiger partial charge in [-0.3, -0.25) is 19.5 Å². The van der Waals surface area contributed by atoms with E-state index in [1.807, 2.05) is 17.0 Å². The van der Waals surface area contributed by atoms with Gasteiger partial charge in [0.05, 0.1) is 0 Å². The summed E-state index contributed by atoms with van der Waals surface area (Å²) in [6.45, 7) is 3.01. The van der Waals surface area contributed by atoms with Crippen LogP contribution in [0.15, 0.2) is 24.5 Å². The van der Waals surface area contributed by atoms with Crippen molar-refractivity contribution in [3.8, 4) is 0 Å². The molecule has 1 aromatic rings. The smallest absolute Gasteiger partial charge is 0.320 e. The van der Waals surface area contributed by atoms with Crippen molar-refractivity contribution in [2.75, 3.05) is 19.6 Å². The van der Waals surface area contributed by atoms with E-state index in [9.17, 15) is 14.7 Å². The zero-order chi connectivity index (χ0) is 17.4. The first-order valence-corrected chi connectivity index (χ1v) is 9.21. The Morgan fingerprint density at radius 3 is 2.48 bits per heavy atom. The number of likely N-dealkylation sites (tertiary alicyclic amines) is 2. The Hall–Kier alpha value is -1.95. The second-order valence-corrected chi connectivity index (χ2v) is 7.92. The number of hydrogen-bond donors (Lipinski definition) is 1. The third-order valence-electron chi connectivity index (χ3n) is 6.09. The number of aliphatic carboxylic acids is 1. The third-order valence-corrected chi connectivity index (χ3v) is 6.09.